The molecule has 0 N–H and O–H groups in total. The van der Waals surface area contributed by atoms with E-state index in [1.54, 1.807) is 16.8 Å². The van der Waals surface area contributed by atoms with E-state index in [0.29, 0.717) is 22.8 Å². The molecule has 1 aromatic heterocycles. The molecule has 1 aliphatic heterocycles. The van der Waals surface area contributed by atoms with Crippen molar-refractivity contribution in [3.05, 3.63) is 87.5 Å². The van der Waals surface area contributed by atoms with E-state index in [1.165, 1.54) is 19.1 Å². The van der Waals surface area contributed by atoms with Gasteiger partial charge >= 0.3 is 5.97 Å². The second kappa shape index (κ2) is 6.73. The molecule has 0 amide bonds. The number of esters is 1. The predicted molar refractivity (Wildman–Crippen MR) is 102 cm³/mol. The Bertz CT molecular complexity index is 1120. The van der Waals surface area contributed by atoms with E-state index >= 15 is 0 Å². The fourth-order valence-electron chi connectivity index (χ4n) is 3.23. The van der Waals surface area contributed by atoms with Gasteiger partial charge in [0, 0.05) is 36.4 Å². The molecule has 4 rings (SSSR count). The van der Waals surface area contributed by atoms with Crippen LogP contribution < -0.4 is 0 Å². The van der Waals surface area contributed by atoms with Crippen LogP contribution in [0, 0.1) is 17.0 Å². The number of rotatable bonds is 3. The van der Waals surface area contributed by atoms with Crippen molar-refractivity contribution in [3.8, 4) is 5.69 Å². The van der Waals surface area contributed by atoms with E-state index < -0.39 is 17.1 Å². The van der Waals surface area contributed by atoms with E-state index in [2.05, 4.69) is 9.98 Å². The van der Waals surface area contributed by atoms with Crippen LogP contribution in [0.2, 0.25) is 0 Å². The van der Waals surface area contributed by atoms with Crippen LogP contribution in [0.5, 0.6) is 0 Å². The third-order valence-corrected chi connectivity index (χ3v) is 4.35. The Labute approximate surface area is 160 Å². The van der Waals surface area contributed by atoms with Crippen molar-refractivity contribution in [2.45, 2.75) is 20.1 Å². The molecule has 28 heavy (non-hydrogen) atoms. The number of fused-ring (bicyclic) bond motifs is 3. The second-order valence-corrected chi connectivity index (χ2v) is 6.37. The Kier molecular flexibility index (Phi) is 4.23. The molecule has 1 atom stereocenters. The molecule has 0 aliphatic carbocycles. The van der Waals surface area contributed by atoms with E-state index in [1.807, 2.05) is 37.3 Å². The van der Waals surface area contributed by atoms with Gasteiger partial charge in [-0.1, -0.05) is 30.3 Å². The highest BCUT2D eigenvalue weighted by Gasteiger charge is 2.29. The maximum atomic E-state index is 11.7. The number of carbonyl (C=O) groups excluding carboxylic acids is 1. The molecule has 140 valence electrons. The second-order valence-electron chi connectivity index (χ2n) is 6.37. The Morgan fingerprint density at radius 1 is 1.21 bits per heavy atom. The fraction of sp³-hybridized carbons (Fsp3) is 0.150. The smallest absolute Gasteiger partial charge is 0.304 e. The van der Waals surface area contributed by atoms with Gasteiger partial charge in [-0.15, -0.1) is 0 Å². The lowest BCUT2D eigenvalue weighted by Crippen LogP contribution is -2.11. The van der Waals surface area contributed by atoms with Crippen molar-refractivity contribution in [2.75, 3.05) is 0 Å². The molecule has 0 spiro atoms. The summed E-state index contributed by atoms with van der Waals surface area (Å²) in [6.07, 6.45) is 0.827. The fourth-order valence-corrected chi connectivity index (χ4v) is 3.23. The van der Waals surface area contributed by atoms with Gasteiger partial charge in [0.1, 0.15) is 0 Å². The minimum Gasteiger partial charge on any atom is -0.432 e. The van der Waals surface area contributed by atoms with Crippen LogP contribution in [0.4, 0.5) is 5.69 Å². The number of imidazole rings is 1. The third-order valence-electron chi connectivity index (χ3n) is 4.35. The zero-order valence-corrected chi connectivity index (χ0v) is 15.2. The highest BCUT2D eigenvalue weighted by atomic mass is 16.6. The predicted octanol–water partition coefficient (Wildman–Crippen LogP) is 3.50. The number of ether oxygens (including phenoxy) is 1. The number of nitrogens with zero attached hydrogens (tertiary/aromatic N) is 4. The average Bonchev–Trinajstić information content (AvgIpc) is 3.01. The first-order valence-electron chi connectivity index (χ1n) is 8.59. The topological polar surface area (TPSA) is 99.6 Å². The molecule has 2 aromatic carbocycles. The summed E-state index contributed by atoms with van der Waals surface area (Å²) in [4.78, 5) is 31.7. The molecule has 0 bridgehead atoms. The van der Waals surface area contributed by atoms with Gasteiger partial charge in [0.05, 0.1) is 22.0 Å². The summed E-state index contributed by atoms with van der Waals surface area (Å²) in [6.45, 7) is 3.13. The average molecular weight is 376 g/mol. The number of hydrogen-bond donors (Lipinski definition) is 0. The lowest BCUT2D eigenvalue weighted by molar-refractivity contribution is -0.384. The number of nitro benzene ring substituents is 1. The standard InChI is InChI=1S/C20H16N4O4/c1-12-11-23-17-9-8-15(24(26)27)10-16(17)18(14-6-4-3-5-7-14)22-20(19(23)21-12)28-13(2)25/h3-11,20H,1-2H3. The molecule has 0 radical (unpaired) electrons. The van der Waals surface area contributed by atoms with Gasteiger partial charge in [-0.05, 0) is 13.0 Å². The van der Waals surface area contributed by atoms with Crippen molar-refractivity contribution >= 4 is 17.4 Å². The molecule has 8 heteroatoms. The molecule has 2 heterocycles. The Balaban J connectivity index is 2.03. The van der Waals surface area contributed by atoms with E-state index in [0.717, 1.165) is 11.3 Å². The molecule has 3 aromatic rings. The van der Waals surface area contributed by atoms with Gasteiger partial charge in [-0.3, -0.25) is 19.5 Å². The maximum Gasteiger partial charge on any atom is 0.304 e. The van der Waals surface area contributed by atoms with Gasteiger partial charge in [-0.2, -0.15) is 0 Å². The van der Waals surface area contributed by atoms with Gasteiger partial charge in [0.2, 0.25) is 0 Å². The molecule has 0 saturated carbocycles. The van der Waals surface area contributed by atoms with E-state index in [4.69, 9.17) is 4.74 Å². The molecule has 1 unspecified atom stereocenters. The molecule has 8 nitrogen and oxygen atoms in total. The first kappa shape index (κ1) is 17.6. The number of carbonyl (C=O) groups is 1. The summed E-state index contributed by atoms with van der Waals surface area (Å²) in [5, 5.41) is 11.4. The zero-order chi connectivity index (χ0) is 19.8. The molecule has 0 fully saturated rings. The summed E-state index contributed by atoms with van der Waals surface area (Å²) in [7, 11) is 0. The minimum absolute atomic E-state index is 0.0493. The lowest BCUT2D eigenvalue weighted by atomic mass is 10.00. The van der Waals surface area contributed by atoms with Crippen LogP contribution in [-0.4, -0.2) is 26.2 Å². The third kappa shape index (κ3) is 3.05. The summed E-state index contributed by atoms with van der Waals surface area (Å²) >= 11 is 0. The largest absolute Gasteiger partial charge is 0.432 e. The highest BCUT2D eigenvalue weighted by Crippen LogP contribution is 2.33. The van der Waals surface area contributed by atoms with Gasteiger partial charge in [-0.25, -0.2) is 9.98 Å². The van der Waals surface area contributed by atoms with E-state index in [-0.39, 0.29) is 5.69 Å². The van der Waals surface area contributed by atoms with Crippen LogP contribution in [0.25, 0.3) is 5.69 Å². The Morgan fingerprint density at radius 3 is 2.64 bits per heavy atom. The van der Waals surface area contributed by atoms with Crippen LogP contribution in [-0.2, 0) is 9.53 Å². The molecular formula is C20H16N4O4. The number of nitro groups is 1. The van der Waals surface area contributed by atoms with Crippen LogP contribution in [0.15, 0.2) is 59.7 Å². The van der Waals surface area contributed by atoms with Crippen molar-refractivity contribution < 1.29 is 14.5 Å². The SMILES string of the molecule is CC(=O)OC1N=C(c2ccccc2)c2cc([N+](=O)[O-])ccc2-n2cc(C)nc21. The number of aryl methyl sites for hydroxylation is 1. The summed E-state index contributed by atoms with van der Waals surface area (Å²) < 4.78 is 7.19. The van der Waals surface area contributed by atoms with Gasteiger partial charge < -0.3 is 4.74 Å². The van der Waals surface area contributed by atoms with Crippen molar-refractivity contribution in [1.82, 2.24) is 9.55 Å². The minimum atomic E-state index is -0.965. The maximum absolute atomic E-state index is 11.7. The quantitative estimate of drug-likeness (QED) is 0.396. The van der Waals surface area contributed by atoms with Crippen LogP contribution in [0.3, 0.4) is 0 Å². The zero-order valence-electron chi connectivity index (χ0n) is 15.2. The van der Waals surface area contributed by atoms with Gasteiger partial charge in [0.15, 0.2) is 5.82 Å². The lowest BCUT2D eigenvalue weighted by Gasteiger charge is -2.12. The normalized spacial score (nSPS) is 15.1. The van der Waals surface area contributed by atoms with Crippen LogP contribution >= 0.6 is 0 Å². The van der Waals surface area contributed by atoms with Crippen molar-refractivity contribution in [2.24, 2.45) is 4.99 Å². The first-order valence-corrected chi connectivity index (χ1v) is 8.59. The monoisotopic (exact) mass is 376 g/mol. The van der Waals surface area contributed by atoms with E-state index in [9.17, 15) is 14.9 Å². The number of aromatic nitrogens is 2. The molecule has 1 aliphatic rings. The van der Waals surface area contributed by atoms with Gasteiger partial charge in [0.25, 0.3) is 11.9 Å². The summed E-state index contributed by atoms with van der Waals surface area (Å²) in [5.41, 5.74) is 3.16. The Morgan fingerprint density at radius 2 is 1.96 bits per heavy atom. The molecule has 0 saturated heterocycles. The van der Waals surface area contributed by atoms with Crippen molar-refractivity contribution in [1.29, 1.82) is 0 Å². The number of non-ortho nitro benzene ring substituents is 1. The van der Waals surface area contributed by atoms with Crippen LogP contribution in [0.1, 0.15) is 35.8 Å². The number of aliphatic imine (C=N–C) groups is 1. The highest BCUT2D eigenvalue weighted by molar-refractivity contribution is 6.15. The summed E-state index contributed by atoms with van der Waals surface area (Å²) in [5.74, 6) is -0.0564. The Hall–Kier alpha value is -3.81. The van der Waals surface area contributed by atoms with Crippen molar-refractivity contribution in [3.63, 3.8) is 0 Å². The number of hydrogen-bond acceptors (Lipinski definition) is 6. The first-order chi connectivity index (χ1) is 13.4. The number of benzene rings is 2. The molecular weight excluding hydrogens is 360 g/mol. The summed E-state index contributed by atoms with van der Waals surface area (Å²) in [6, 6.07) is 13.9.